The number of hydrogen-bond donors (Lipinski definition) is 0. The molecule has 0 heterocycles. The predicted octanol–water partition coefficient (Wildman–Crippen LogP) is 3.12. The normalized spacial score (nSPS) is 12.1. The Hall–Kier alpha value is -1.91. The van der Waals surface area contributed by atoms with Crippen molar-refractivity contribution in [1.82, 2.24) is 4.31 Å². The van der Waals surface area contributed by atoms with Gasteiger partial charge in [-0.1, -0.05) is 60.7 Å². The second-order valence-corrected chi connectivity index (χ2v) is 6.43. The monoisotopic (exact) mass is 287 g/mol. The lowest BCUT2D eigenvalue weighted by Crippen LogP contribution is -2.24. The highest BCUT2D eigenvalue weighted by Crippen LogP contribution is 2.10. The summed E-state index contributed by atoms with van der Waals surface area (Å²) in [6, 6.07) is 18.9. The molecule has 2 rings (SSSR count). The van der Waals surface area contributed by atoms with Crippen LogP contribution in [0.2, 0.25) is 0 Å². The third-order valence-corrected chi connectivity index (χ3v) is 4.39. The summed E-state index contributed by atoms with van der Waals surface area (Å²) in [6.45, 7) is 0.363. The van der Waals surface area contributed by atoms with E-state index in [1.165, 1.54) is 9.71 Å². The molecule has 2 aromatic carbocycles. The Labute approximate surface area is 120 Å². The molecule has 0 unspecified atom stereocenters. The van der Waals surface area contributed by atoms with Crippen molar-refractivity contribution in [3.63, 3.8) is 0 Å². The van der Waals surface area contributed by atoms with Crippen LogP contribution in [0.25, 0.3) is 6.08 Å². The van der Waals surface area contributed by atoms with Crippen molar-refractivity contribution < 1.29 is 8.42 Å². The Morgan fingerprint density at radius 3 is 2.10 bits per heavy atom. The van der Waals surface area contributed by atoms with E-state index in [1.54, 1.807) is 13.1 Å². The Morgan fingerprint density at radius 2 is 1.50 bits per heavy atom. The molecule has 0 spiro atoms. The molecule has 0 aliphatic rings. The van der Waals surface area contributed by atoms with Crippen molar-refractivity contribution in [3.05, 3.63) is 77.2 Å². The Balaban J connectivity index is 2.08. The summed E-state index contributed by atoms with van der Waals surface area (Å²) in [4.78, 5) is 0. The highest BCUT2D eigenvalue weighted by molar-refractivity contribution is 7.92. The fourth-order valence-corrected chi connectivity index (χ4v) is 2.63. The van der Waals surface area contributed by atoms with E-state index in [4.69, 9.17) is 0 Å². The summed E-state index contributed by atoms with van der Waals surface area (Å²) in [7, 11) is -1.82. The van der Waals surface area contributed by atoms with Crippen molar-refractivity contribution >= 4 is 16.1 Å². The maximum atomic E-state index is 12.1. The van der Waals surface area contributed by atoms with Crippen LogP contribution in [-0.2, 0) is 16.6 Å². The number of benzene rings is 2. The van der Waals surface area contributed by atoms with Gasteiger partial charge < -0.3 is 0 Å². The first-order valence-electron chi connectivity index (χ1n) is 6.31. The minimum atomic E-state index is -3.40. The molecular weight excluding hydrogens is 270 g/mol. The lowest BCUT2D eigenvalue weighted by molar-refractivity contribution is 0.475. The third kappa shape index (κ3) is 4.05. The van der Waals surface area contributed by atoms with E-state index in [1.807, 2.05) is 60.7 Å². The molecule has 2 aromatic rings. The van der Waals surface area contributed by atoms with Gasteiger partial charge in [-0.3, -0.25) is 0 Å². The summed E-state index contributed by atoms with van der Waals surface area (Å²) in [5, 5.41) is 1.24. The summed E-state index contributed by atoms with van der Waals surface area (Å²) in [6.07, 6.45) is 1.61. The predicted molar refractivity (Wildman–Crippen MR) is 82.3 cm³/mol. The number of rotatable bonds is 5. The maximum Gasteiger partial charge on any atom is 0.236 e. The van der Waals surface area contributed by atoms with Crippen molar-refractivity contribution in [1.29, 1.82) is 0 Å². The van der Waals surface area contributed by atoms with Crippen molar-refractivity contribution in [2.75, 3.05) is 7.05 Å². The molecule has 0 aliphatic heterocycles. The SMILES string of the molecule is CN(Cc1ccccc1)S(=O)(=O)C=Cc1ccccc1. The molecule has 0 amide bonds. The van der Waals surface area contributed by atoms with E-state index in [-0.39, 0.29) is 0 Å². The van der Waals surface area contributed by atoms with Gasteiger partial charge in [0.1, 0.15) is 0 Å². The molecule has 20 heavy (non-hydrogen) atoms. The molecule has 0 saturated heterocycles. The van der Waals surface area contributed by atoms with Crippen LogP contribution in [0.1, 0.15) is 11.1 Å². The number of sulfonamides is 1. The Kier molecular flexibility index (Phi) is 4.71. The van der Waals surface area contributed by atoms with Gasteiger partial charge in [-0.15, -0.1) is 0 Å². The molecule has 0 aliphatic carbocycles. The zero-order chi connectivity index (χ0) is 14.4. The second kappa shape index (κ2) is 6.50. The molecule has 3 nitrogen and oxygen atoms in total. The van der Waals surface area contributed by atoms with E-state index in [0.29, 0.717) is 6.54 Å². The summed E-state index contributed by atoms with van der Waals surface area (Å²) in [5.74, 6) is 0. The molecule has 0 saturated carbocycles. The minimum absolute atomic E-state index is 0.363. The largest absolute Gasteiger partial charge is 0.236 e. The van der Waals surface area contributed by atoms with Crippen LogP contribution in [0, 0.1) is 0 Å². The molecule has 104 valence electrons. The van der Waals surface area contributed by atoms with Crippen molar-refractivity contribution in [3.8, 4) is 0 Å². The smallest absolute Gasteiger partial charge is 0.208 e. The zero-order valence-electron chi connectivity index (χ0n) is 11.3. The van der Waals surface area contributed by atoms with Crippen molar-refractivity contribution in [2.24, 2.45) is 0 Å². The van der Waals surface area contributed by atoms with Crippen LogP contribution in [-0.4, -0.2) is 19.8 Å². The standard InChI is InChI=1S/C16H17NO2S/c1-17(14-16-10-6-3-7-11-16)20(18,19)13-12-15-8-4-2-5-9-15/h2-13H,14H2,1H3. The first-order valence-corrected chi connectivity index (χ1v) is 7.82. The topological polar surface area (TPSA) is 37.4 Å². The first kappa shape index (κ1) is 14.5. The minimum Gasteiger partial charge on any atom is -0.208 e. The van der Waals surface area contributed by atoms with E-state index in [2.05, 4.69) is 0 Å². The van der Waals surface area contributed by atoms with Gasteiger partial charge in [0.2, 0.25) is 10.0 Å². The van der Waals surface area contributed by atoms with Gasteiger partial charge in [0.15, 0.2) is 0 Å². The summed E-state index contributed by atoms with van der Waals surface area (Å²) in [5.41, 5.74) is 1.83. The molecule has 0 fully saturated rings. The summed E-state index contributed by atoms with van der Waals surface area (Å²) < 4.78 is 25.6. The van der Waals surface area contributed by atoms with Crippen LogP contribution >= 0.6 is 0 Å². The van der Waals surface area contributed by atoms with Gasteiger partial charge >= 0.3 is 0 Å². The molecular formula is C16H17NO2S. The van der Waals surface area contributed by atoms with Crippen LogP contribution < -0.4 is 0 Å². The van der Waals surface area contributed by atoms with E-state index < -0.39 is 10.0 Å². The van der Waals surface area contributed by atoms with E-state index >= 15 is 0 Å². The molecule has 4 heteroatoms. The molecule has 0 N–H and O–H groups in total. The highest BCUT2D eigenvalue weighted by atomic mass is 32.2. The molecule has 0 bridgehead atoms. The van der Waals surface area contributed by atoms with E-state index in [9.17, 15) is 8.42 Å². The van der Waals surface area contributed by atoms with Crippen LogP contribution in [0.4, 0.5) is 0 Å². The second-order valence-electron chi connectivity index (χ2n) is 4.50. The average molecular weight is 287 g/mol. The van der Waals surface area contributed by atoms with Crippen LogP contribution in [0.3, 0.4) is 0 Å². The first-order chi connectivity index (χ1) is 9.58. The summed E-state index contributed by atoms with van der Waals surface area (Å²) >= 11 is 0. The Bertz CT molecular complexity index is 664. The average Bonchev–Trinajstić information content (AvgIpc) is 2.47. The van der Waals surface area contributed by atoms with Gasteiger partial charge in [0.25, 0.3) is 0 Å². The van der Waals surface area contributed by atoms with Gasteiger partial charge in [0.05, 0.1) is 0 Å². The van der Waals surface area contributed by atoms with Crippen molar-refractivity contribution in [2.45, 2.75) is 6.54 Å². The molecule has 0 atom stereocenters. The van der Waals surface area contributed by atoms with Gasteiger partial charge in [-0.2, -0.15) is 4.31 Å². The lowest BCUT2D eigenvalue weighted by atomic mass is 10.2. The number of nitrogens with zero attached hydrogens (tertiary/aromatic N) is 1. The fraction of sp³-hybridized carbons (Fsp3) is 0.125. The van der Waals surface area contributed by atoms with E-state index in [0.717, 1.165) is 11.1 Å². The third-order valence-electron chi connectivity index (χ3n) is 2.91. The number of hydrogen-bond acceptors (Lipinski definition) is 2. The van der Waals surface area contributed by atoms with Gasteiger partial charge in [0, 0.05) is 19.0 Å². The van der Waals surface area contributed by atoms with Gasteiger partial charge in [-0.05, 0) is 17.2 Å². The lowest BCUT2D eigenvalue weighted by Gasteiger charge is -2.14. The van der Waals surface area contributed by atoms with Crippen LogP contribution in [0.15, 0.2) is 66.1 Å². The zero-order valence-corrected chi connectivity index (χ0v) is 12.1. The quantitative estimate of drug-likeness (QED) is 0.847. The fourth-order valence-electron chi connectivity index (χ4n) is 1.76. The molecule has 0 radical (unpaired) electrons. The van der Waals surface area contributed by atoms with Gasteiger partial charge in [-0.25, -0.2) is 8.42 Å². The Morgan fingerprint density at radius 1 is 0.950 bits per heavy atom. The highest BCUT2D eigenvalue weighted by Gasteiger charge is 2.14. The van der Waals surface area contributed by atoms with Crippen LogP contribution in [0.5, 0.6) is 0 Å². The molecule has 0 aromatic heterocycles. The maximum absolute atomic E-state index is 12.1.